The highest BCUT2D eigenvalue weighted by atomic mass is 16.7. The predicted molar refractivity (Wildman–Crippen MR) is 52.7 cm³/mol. The van der Waals surface area contributed by atoms with Gasteiger partial charge >= 0.3 is 0 Å². The van der Waals surface area contributed by atoms with Gasteiger partial charge in [-0.25, -0.2) is 0 Å². The smallest absolute Gasteiger partial charge is 0.168 e. The monoisotopic (exact) mass is 187 g/mol. The Hall–Kier alpha value is -0.120. The third-order valence-electron chi connectivity index (χ3n) is 2.56. The minimum absolute atomic E-state index is 0.245. The fourth-order valence-electron chi connectivity index (χ4n) is 1.73. The van der Waals surface area contributed by atoms with Gasteiger partial charge < -0.3 is 14.4 Å². The highest BCUT2D eigenvalue weighted by Crippen LogP contribution is 2.30. The molecule has 1 aliphatic heterocycles. The van der Waals surface area contributed by atoms with E-state index < -0.39 is 0 Å². The standard InChI is InChI=1S/C10H21NO2/c1-5-10(6-2)12-8-9(13-10)7-11(3)4/h9H,5-8H2,1-4H3. The Morgan fingerprint density at radius 3 is 2.31 bits per heavy atom. The molecule has 78 valence electrons. The summed E-state index contributed by atoms with van der Waals surface area (Å²) in [5, 5.41) is 0. The zero-order valence-electron chi connectivity index (χ0n) is 9.17. The molecule has 0 aliphatic carbocycles. The van der Waals surface area contributed by atoms with Crippen molar-refractivity contribution in [3.63, 3.8) is 0 Å². The van der Waals surface area contributed by atoms with Gasteiger partial charge in [-0.05, 0) is 26.9 Å². The molecule has 0 bridgehead atoms. The predicted octanol–water partition coefficient (Wildman–Crippen LogP) is 1.48. The van der Waals surface area contributed by atoms with E-state index in [4.69, 9.17) is 9.47 Å². The largest absolute Gasteiger partial charge is 0.347 e. The Balaban J connectivity index is 2.42. The highest BCUT2D eigenvalue weighted by Gasteiger charge is 2.38. The molecule has 1 fully saturated rings. The maximum atomic E-state index is 5.89. The molecule has 1 aliphatic rings. The van der Waals surface area contributed by atoms with Crippen molar-refractivity contribution in [3.05, 3.63) is 0 Å². The second kappa shape index (κ2) is 4.40. The van der Waals surface area contributed by atoms with Gasteiger partial charge in [-0.15, -0.1) is 0 Å². The van der Waals surface area contributed by atoms with Crippen LogP contribution in [0.5, 0.6) is 0 Å². The maximum absolute atomic E-state index is 5.89. The molecule has 1 saturated heterocycles. The van der Waals surface area contributed by atoms with Crippen LogP contribution in [-0.4, -0.2) is 44.0 Å². The van der Waals surface area contributed by atoms with E-state index in [2.05, 4.69) is 32.8 Å². The van der Waals surface area contributed by atoms with E-state index in [-0.39, 0.29) is 11.9 Å². The Morgan fingerprint density at radius 1 is 1.31 bits per heavy atom. The zero-order valence-corrected chi connectivity index (χ0v) is 9.17. The summed E-state index contributed by atoms with van der Waals surface area (Å²) < 4.78 is 11.6. The lowest BCUT2D eigenvalue weighted by Crippen LogP contribution is -2.32. The molecule has 0 aromatic rings. The van der Waals surface area contributed by atoms with Crippen LogP contribution in [0, 0.1) is 0 Å². The van der Waals surface area contributed by atoms with Crippen LogP contribution in [0.3, 0.4) is 0 Å². The van der Waals surface area contributed by atoms with E-state index in [1.165, 1.54) is 0 Å². The Bertz CT molecular complexity index is 155. The zero-order chi connectivity index (χ0) is 9.90. The van der Waals surface area contributed by atoms with Crippen molar-refractivity contribution in [3.8, 4) is 0 Å². The fourth-order valence-corrected chi connectivity index (χ4v) is 1.73. The number of ether oxygens (including phenoxy) is 2. The molecule has 3 heteroatoms. The Labute approximate surface area is 81.0 Å². The molecule has 0 saturated carbocycles. The molecule has 0 amide bonds. The van der Waals surface area contributed by atoms with Crippen molar-refractivity contribution in [2.75, 3.05) is 27.2 Å². The fraction of sp³-hybridized carbons (Fsp3) is 1.00. The summed E-state index contributed by atoms with van der Waals surface area (Å²) in [6.07, 6.45) is 2.12. The van der Waals surface area contributed by atoms with E-state index in [0.29, 0.717) is 0 Å². The Morgan fingerprint density at radius 2 is 1.92 bits per heavy atom. The van der Waals surface area contributed by atoms with Crippen LogP contribution in [0.2, 0.25) is 0 Å². The number of nitrogens with zero attached hydrogens (tertiary/aromatic N) is 1. The van der Waals surface area contributed by atoms with Crippen molar-refractivity contribution in [1.82, 2.24) is 4.90 Å². The number of hydrogen-bond acceptors (Lipinski definition) is 3. The van der Waals surface area contributed by atoms with Crippen molar-refractivity contribution in [2.45, 2.75) is 38.6 Å². The van der Waals surface area contributed by atoms with Crippen molar-refractivity contribution in [1.29, 1.82) is 0 Å². The average molecular weight is 187 g/mol. The summed E-state index contributed by atoms with van der Waals surface area (Å²) in [5.41, 5.74) is 0. The summed E-state index contributed by atoms with van der Waals surface area (Å²) in [7, 11) is 4.11. The van der Waals surface area contributed by atoms with Crippen LogP contribution < -0.4 is 0 Å². The molecule has 0 aromatic carbocycles. The molecule has 3 nitrogen and oxygen atoms in total. The van der Waals surface area contributed by atoms with E-state index in [1.54, 1.807) is 0 Å². The van der Waals surface area contributed by atoms with Gasteiger partial charge in [0.15, 0.2) is 5.79 Å². The van der Waals surface area contributed by atoms with Crippen LogP contribution in [0.1, 0.15) is 26.7 Å². The molecule has 0 radical (unpaired) electrons. The van der Waals surface area contributed by atoms with Crippen LogP contribution in [-0.2, 0) is 9.47 Å². The van der Waals surface area contributed by atoms with Crippen LogP contribution in [0.15, 0.2) is 0 Å². The third-order valence-corrected chi connectivity index (χ3v) is 2.56. The van der Waals surface area contributed by atoms with E-state index in [9.17, 15) is 0 Å². The molecule has 1 atom stereocenters. The third kappa shape index (κ3) is 2.66. The quantitative estimate of drug-likeness (QED) is 0.665. The van der Waals surface area contributed by atoms with Gasteiger partial charge in [0, 0.05) is 6.54 Å². The molecule has 13 heavy (non-hydrogen) atoms. The van der Waals surface area contributed by atoms with E-state index in [0.717, 1.165) is 26.0 Å². The van der Waals surface area contributed by atoms with Crippen LogP contribution in [0.25, 0.3) is 0 Å². The van der Waals surface area contributed by atoms with Gasteiger partial charge in [0.2, 0.25) is 0 Å². The summed E-state index contributed by atoms with van der Waals surface area (Å²) >= 11 is 0. The number of likely N-dealkylation sites (N-methyl/N-ethyl adjacent to an activating group) is 1. The van der Waals surface area contributed by atoms with Gasteiger partial charge in [-0.1, -0.05) is 13.8 Å². The lowest BCUT2D eigenvalue weighted by Gasteiger charge is -2.25. The van der Waals surface area contributed by atoms with Gasteiger partial charge in [0.05, 0.1) is 12.7 Å². The van der Waals surface area contributed by atoms with Gasteiger partial charge in [-0.3, -0.25) is 0 Å². The minimum Gasteiger partial charge on any atom is -0.347 e. The maximum Gasteiger partial charge on any atom is 0.168 e. The average Bonchev–Trinajstić information content (AvgIpc) is 2.48. The molecule has 0 spiro atoms. The molecular weight excluding hydrogens is 166 g/mol. The van der Waals surface area contributed by atoms with E-state index in [1.807, 2.05) is 0 Å². The van der Waals surface area contributed by atoms with Gasteiger partial charge in [0.25, 0.3) is 0 Å². The van der Waals surface area contributed by atoms with Gasteiger partial charge in [-0.2, -0.15) is 0 Å². The Kier molecular flexibility index (Phi) is 3.71. The van der Waals surface area contributed by atoms with Crippen molar-refractivity contribution < 1.29 is 9.47 Å². The molecule has 1 heterocycles. The van der Waals surface area contributed by atoms with Crippen molar-refractivity contribution in [2.24, 2.45) is 0 Å². The molecule has 1 rings (SSSR count). The second-order valence-corrected chi connectivity index (χ2v) is 3.93. The lowest BCUT2D eigenvalue weighted by molar-refractivity contribution is -0.172. The van der Waals surface area contributed by atoms with Crippen molar-refractivity contribution >= 4 is 0 Å². The first-order valence-electron chi connectivity index (χ1n) is 5.08. The summed E-state index contributed by atoms with van der Waals surface area (Å²) in [6, 6.07) is 0. The molecular formula is C10H21NO2. The van der Waals surface area contributed by atoms with Crippen LogP contribution in [0.4, 0.5) is 0 Å². The minimum atomic E-state index is -0.291. The van der Waals surface area contributed by atoms with Gasteiger partial charge in [0.1, 0.15) is 0 Å². The first kappa shape index (κ1) is 11.0. The number of hydrogen-bond donors (Lipinski definition) is 0. The summed E-state index contributed by atoms with van der Waals surface area (Å²) in [4.78, 5) is 2.13. The first-order valence-corrected chi connectivity index (χ1v) is 5.08. The second-order valence-electron chi connectivity index (χ2n) is 3.93. The molecule has 0 N–H and O–H groups in total. The number of rotatable bonds is 4. The van der Waals surface area contributed by atoms with E-state index >= 15 is 0 Å². The normalized spacial score (nSPS) is 27.0. The topological polar surface area (TPSA) is 21.7 Å². The first-order chi connectivity index (χ1) is 6.12. The summed E-state index contributed by atoms with van der Waals surface area (Å²) in [6.45, 7) is 5.91. The lowest BCUT2D eigenvalue weighted by atomic mass is 10.1. The molecule has 1 unspecified atom stereocenters. The highest BCUT2D eigenvalue weighted by molar-refractivity contribution is 4.77. The summed E-state index contributed by atoms with van der Waals surface area (Å²) in [5.74, 6) is -0.291. The molecule has 0 aromatic heterocycles. The SMILES string of the molecule is CCC1(CC)OCC(CN(C)C)O1. The van der Waals surface area contributed by atoms with Crippen LogP contribution >= 0.6 is 0 Å².